The van der Waals surface area contributed by atoms with Crippen molar-refractivity contribution in [2.75, 3.05) is 17.2 Å². The standard InChI is InChI=1S/C19H23N9/c1-12(2)28-13(3)25-15-11-22-18(8-16(15)28)26-17-5-7-21-19(27-17)20-6-4-14-9-23-24-10-14/h5,7-12H,4,6H2,1-3H3,(H,23,24)(H2,20,21,22,26,27). The first-order chi connectivity index (χ1) is 13.6. The van der Waals surface area contributed by atoms with Crippen LogP contribution in [0.4, 0.5) is 17.6 Å². The lowest BCUT2D eigenvalue weighted by Crippen LogP contribution is -2.08. The lowest BCUT2D eigenvalue weighted by Gasteiger charge is -2.11. The van der Waals surface area contributed by atoms with Gasteiger partial charge in [-0.15, -0.1) is 0 Å². The van der Waals surface area contributed by atoms with Crippen LogP contribution in [0.2, 0.25) is 0 Å². The van der Waals surface area contributed by atoms with Crippen LogP contribution < -0.4 is 10.6 Å². The second-order valence-corrected chi connectivity index (χ2v) is 6.85. The Hall–Kier alpha value is -3.49. The largest absolute Gasteiger partial charge is 0.354 e. The molecule has 0 aliphatic carbocycles. The molecule has 144 valence electrons. The zero-order chi connectivity index (χ0) is 19.5. The molecule has 0 saturated carbocycles. The summed E-state index contributed by atoms with van der Waals surface area (Å²) >= 11 is 0. The van der Waals surface area contributed by atoms with Crippen molar-refractivity contribution in [2.24, 2.45) is 0 Å². The van der Waals surface area contributed by atoms with E-state index in [1.54, 1.807) is 12.4 Å². The molecule has 0 aliphatic heterocycles. The van der Waals surface area contributed by atoms with Crippen LogP contribution in [0.3, 0.4) is 0 Å². The van der Waals surface area contributed by atoms with Crippen LogP contribution in [0.1, 0.15) is 31.3 Å². The molecule has 28 heavy (non-hydrogen) atoms. The summed E-state index contributed by atoms with van der Waals surface area (Å²) in [4.78, 5) is 17.8. The fraction of sp³-hybridized carbons (Fsp3) is 0.316. The molecular weight excluding hydrogens is 354 g/mol. The number of rotatable bonds is 7. The fourth-order valence-corrected chi connectivity index (χ4v) is 3.22. The van der Waals surface area contributed by atoms with Gasteiger partial charge in [0.2, 0.25) is 5.95 Å². The van der Waals surface area contributed by atoms with Gasteiger partial charge in [0.25, 0.3) is 0 Å². The number of anilines is 3. The minimum atomic E-state index is 0.324. The average molecular weight is 377 g/mol. The Labute approximate surface area is 162 Å². The van der Waals surface area contributed by atoms with Gasteiger partial charge in [-0.2, -0.15) is 10.1 Å². The van der Waals surface area contributed by atoms with Gasteiger partial charge in [-0.05, 0) is 38.8 Å². The number of aromatic amines is 1. The number of nitrogens with one attached hydrogen (secondary N) is 3. The molecule has 0 amide bonds. The van der Waals surface area contributed by atoms with Gasteiger partial charge in [0.1, 0.15) is 23.0 Å². The molecule has 0 spiro atoms. The molecule has 0 fully saturated rings. The monoisotopic (exact) mass is 377 g/mol. The van der Waals surface area contributed by atoms with Gasteiger partial charge < -0.3 is 15.2 Å². The lowest BCUT2D eigenvalue weighted by atomic mass is 10.2. The van der Waals surface area contributed by atoms with Crippen LogP contribution in [-0.2, 0) is 6.42 Å². The number of imidazole rings is 1. The second kappa shape index (κ2) is 7.63. The summed E-state index contributed by atoms with van der Waals surface area (Å²) < 4.78 is 2.20. The van der Waals surface area contributed by atoms with E-state index in [0.717, 1.165) is 41.2 Å². The Morgan fingerprint density at radius 1 is 1.14 bits per heavy atom. The van der Waals surface area contributed by atoms with Crippen molar-refractivity contribution in [3.8, 4) is 0 Å². The third-order valence-corrected chi connectivity index (χ3v) is 4.43. The Kier molecular flexibility index (Phi) is 4.88. The van der Waals surface area contributed by atoms with Crippen molar-refractivity contribution in [3.05, 3.63) is 48.3 Å². The van der Waals surface area contributed by atoms with Gasteiger partial charge in [-0.3, -0.25) is 5.10 Å². The first-order valence-corrected chi connectivity index (χ1v) is 9.26. The Morgan fingerprint density at radius 2 is 2.04 bits per heavy atom. The topological polar surface area (TPSA) is 109 Å². The molecule has 0 aliphatic rings. The number of nitrogens with zero attached hydrogens (tertiary/aromatic N) is 6. The summed E-state index contributed by atoms with van der Waals surface area (Å²) in [5, 5.41) is 13.2. The molecule has 3 N–H and O–H groups in total. The third-order valence-electron chi connectivity index (χ3n) is 4.43. The zero-order valence-electron chi connectivity index (χ0n) is 16.1. The maximum Gasteiger partial charge on any atom is 0.224 e. The van der Waals surface area contributed by atoms with Gasteiger partial charge in [-0.1, -0.05) is 0 Å². The fourth-order valence-electron chi connectivity index (χ4n) is 3.22. The lowest BCUT2D eigenvalue weighted by molar-refractivity contribution is 0.600. The minimum absolute atomic E-state index is 0.324. The van der Waals surface area contributed by atoms with Crippen molar-refractivity contribution in [1.29, 1.82) is 0 Å². The Morgan fingerprint density at radius 3 is 2.82 bits per heavy atom. The molecule has 4 rings (SSSR count). The van der Waals surface area contributed by atoms with E-state index < -0.39 is 0 Å². The smallest absolute Gasteiger partial charge is 0.224 e. The van der Waals surface area contributed by atoms with Crippen LogP contribution in [0.25, 0.3) is 11.0 Å². The van der Waals surface area contributed by atoms with E-state index in [1.165, 1.54) is 0 Å². The zero-order valence-corrected chi connectivity index (χ0v) is 16.1. The van der Waals surface area contributed by atoms with Gasteiger partial charge >= 0.3 is 0 Å². The van der Waals surface area contributed by atoms with Gasteiger partial charge in [-0.25, -0.2) is 15.0 Å². The van der Waals surface area contributed by atoms with E-state index in [0.29, 0.717) is 17.8 Å². The molecule has 0 atom stereocenters. The number of fused-ring (bicyclic) bond motifs is 1. The molecule has 0 saturated heterocycles. The highest BCUT2D eigenvalue weighted by atomic mass is 15.2. The summed E-state index contributed by atoms with van der Waals surface area (Å²) in [6, 6.07) is 4.15. The number of hydrogen-bond donors (Lipinski definition) is 3. The first kappa shape index (κ1) is 17.9. The normalized spacial score (nSPS) is 11.3. The molecular formula is C19H23N9. The van der Waals surface area contributed by atoms with Gasteiger partial charge in [0.05, 0.1) is 17.9 Å². The van der Waals surface area contributed by atoms with E-state index in [4.69, 9.17) is 0 Å². The van der Waals surface area contributed by atoms with Crippen molar-refractivity contribution in [3.63, 3.8) is 0 Å². The summed E-state index contributed by atoms with van der Waals surface area (Å²) in [5.41, 5.74) is 3.08. The van der Waals surface area contributed by atoms with Crippen LogP contribution in [0, 0.1) is 6.92 Å². The van der Waals surface area contributed by atoms with Crippen LogP contribution in [0.5, 0.6) is 0 Å². The number of H-pyrrole nitrogens is 1. The quantitative estimate of drug-likeness (QED) is 0.453. The Bertz CT molecular complexity index is 1070. The van der Waals surface area contributed by atoms with E-state index in [1.807, 2.05) is 31.5 Å². The van der Waals surface area contributed by atoms with Crippen molar-refractivity contribution in [1.82, 2.24) is 34.7 Å². The van der Waals surface area contributed by atoms with Crippen LogP contribution >= 0.6 is 0 Å². The molecule has 9 nitrogen and oxygen atoms in total. The van der Waals surface area contributed by atoms with E-state index >= 15 is 0 Å². The summed E-state index contributed by atoms with van der Waals surface area (Å²) in [6.45, 7) is 7.03. The van der Waals surface area contributed by atoms with Crippen LogP contribution in [-0.4, -0.2) is 41.2 Å². The van der Waals surface area contributed by atoms with E-state index in [-0.39, 0.29) is 0 Å². The molecule has 4 aromatic heterocycles. The predicted octanol–water partition coefficient (Wildman–Crippen LogP) is 3.23. The molecule has 9 heteroatoms. The molecule has 0 bridgehead atoms. The van der Waals surface area contributed by atoms with E-state index in [9.17, 15) is 0 Å². The molecule has 0 aromatic carbocycles. The third kappa shape index (κ3) is 3.78. The van der Waals surface area contributed by atoms with Crippen molar-refractivity contribution in [2.45, 2.75) is 33.2 Å². The molecule has 4 aromatic rings. The molecule has 0 radical (unpaired) electrons. The van der Waals surface area contributed by atoms with Crippen LogP contribution in [0.15, 0.2) is 36.9 Å². The predicted molar refractivity (Wildman–Crippen MR) is 109 cm³/mol. The molecule has 4 heterocycles. The minimum Gasteiger partial charge on any atom is -0.354 e. The highest BCUT2D eigenvalue weighted by molar-refractivity contribution is 5.79. The number of hydrogen-bond acceptors (Lipinski definition) is 7. The number of aryl methyl sites for hydroxylation is 1. The maximum atomic E-state index is 4.58. The van der Waals surface area contributed by atoms with Crippen molar-refractivity contribution < 1.29 is 0 Å². The van der Waals surface area contributed by atoms with Gasteiger partial charge in [0.15, 0.2) is 0 Å². The summed E-state index contributed by atoms with van der Waals surface area (Å²) in [5.74, 6) is 2.95. The van der Waals surface area contributed by atoms with Crippen molar-refractivity contribution >= 4 is 28.6 Å². The van der Waals surface area contributed by atoms with Gasteiger partial charge in [0, 0.05) is 31.0 Å². The molecule has 0 unspecified atom stereocenters. The maximum absolute atomic E-state index is 4.58. The summed E-state index contributed by atoms with van der Waals surface area (Å²) in [7, 11) is 0. The average Bonchev–Trinajstić information content (AvgIpc) is 3.28. The number of aromatic nitrogens is 7. The number of pyridine rings is 1. The highest BCUT2D eigenvalue weighted by Crippen LogP contribution is 2.23. The first-order valence-electron chi connectivity index (χ1n) is 9.26. The summed E-state index contributed by atoms with van der Waals surface area (Å²) in [6.07, 6.45) is 8.04. The second-order valence-electron chi connectivity index (χ2n) is 6.85. The Balaban J connectivity index is 1.48. The van der Waals surface area contributed by atoms with E-state index in [2.05, 4.69) is 59.2 Å². The SMILES string of the molecule is Cc1nc2cnc(Nc3ccnc(NCCc4cn[nH]c4)n3)cc2n1C(C)C. The highest BCUT2D eigenvalue weighted by Gasteiger charge is 2.11.